The quantitative estimate of drug-likeness (QED) is 0.431. The molecule has 0 bridgehead atoms. The molecule has 0 saturated carbocycles. The Balaban J connectivity index is 1.59. The number of anilines is 1. The minimum absolute atomic E-state index is 0.0747. The van der Waals surface area contributed by atoms with Gasteiger partial charge in [-0.2, -0.15) is 0 Å². The Morgan fingerprint density at radius 1 is 1.00 bits per heavy atom. The third-order valence-corrected chi connectivity index (χ3v) is 5.50. The molecule has 2 N–H and O–H groups in total. The zero-order chi connectivity index (χ0) is 22.7. The summed E-state index contributed by atoms with van der Waals surface area (Å²) in [5, 5.41) is 6.50. The lowest BCUT2D eigenvalue weighted by Gasteiger charge is -2.17. The van der Waals surface area contributed by atoms with Crippen LogP contribution < -0.4 is 10.6 Å². The van der Waals surface area contributed by atoms with Gasteiger partial charge in [-0.15, -0.1) is 0 Å². The predicted molar refractivity (Wildman–Crippen MR) is 127 cm³/mol. The van der Waals surface area contributed by atoms with E-state index in [2.05, 4.69) is 10.6 Å². The molecule has 1 unspecified atom stereocenters. The van der Waals surface area contributed by atoms with E-state index in [9.17, 15) is 9.59 Å². The summed E-state index contributed by atoms with van der Waals surface area (Å²) in [6.07, 6.45) is 0. The van der Waals surface area contributed by atoms with Crippen molar-refractivity contribution in [3.05, 3.63) is 94.8 Å². The number of nitrogens with one attached hydrogen (secondary N) is 2. The number of nitrogens with zero attached hydrogens (tertiary/aromatic N) is 2. The second-order valence-electron chi connectivity index (χ2n) is 7.61. The second kappa shape index (κ2) is 9.24. The minimum Gasteiger partial charge on any atom is -0.342 e. The maximum Gasteiger partial charge on any atom is 0.251 e. The van der Waals surface area contributed by atoms with Gasteiger partial charge in [-0.25, -0.2) is 4.98 Å². The first-order chi connectivity index (χ1) is 15.4. The van der Waals surface area contributed by atoms with E-state index < -0.39 is 6.04 Å². The van der Waals surface area contributed by atoms with Crippen LogP contribution in [0.15, 0.2) is 72.8 Å². The van der Waals surface area contributed by atoms with Gasteiger partial charge in [0.1, 0.15) is 12.4 Å². The highest BCUT2D eigenvalue weighted by Crippen LogP contribution is 2.22. The van der Waals surface area contributed by atoms with Crippen LogP contribution in [0.5, 0.6) is 0 Å². The lowest BCUT2D eigenvalue weighted by Crippen LogP contribution is -2.30. The molecule has 0 aliphatic rings. The van der Waals surface area contributed by atoms with Crippen molar-refractivity contribution in [1.82, 2.24) is 14.9 Å². The van der Waals surface area contributed by atoms with Crippen LogP contribution in [-0.4, -0.2) is 21.4 Å². The van der Waals surface area contributed by atoms with Crippen molar-refractivity contribution < 1.29 is 9.59 Å². The van der Waals surface area contributed by atoms with E-state index in [1.165, 1.54) is 0 Å². The maximum absolute atomic E-state index is 12.9. The molecule has 0 radical (unpaired) electrons. The SMILES string of the molecule is Cc1ccccc1NC(=O)Cn1c(C(C)NC(=O)c2ccc(Cl)cc2)nc2ccccc21. The van der Waals surface area contributed by atoms with Gasteiger partial charge in [-0.05, 0) is 61.9 Å². The third kappa shape index (κ3) is 4.65. The van der Waals surface area contributed by atoms with Gasteiger partial charge in [-0.1, -0.05) is 41.9 Å². The molecule has 3 aromatic carbocycles. The molecule has 0 fully saturated rings. The van der Waals surface area contributed by atoms with Gasteiger partial charge in [0.05, 0.1) is 17.1 Å². The van der Waals surface area contributed by atoms with E-state index in [1.807, 2.05) is 66.9 Å². The molecule has 6 nitrogen and oxygen atoms in total. The van der Waals surface area contributed by atoms with Crippen LogP contribution in [0.4, 0.5) is 5.69 Å². The van der Waals surface area contributed by atoms with E-state index in [0.717, 1.165) is 22.3 Å². The second-order valence-corrected chi connectivity index (χ2v) is 8.05. The van der Waals surface area contributed by atoms with Gasteiger partial charge in [0.15, 0.2) is 0 Å². The Morgan fingerprint density at radius 2 is 1.69 bits per heavy atom. The Labute approximate surface area is 191 Å². The Bertz CT molecular complexity index is 1280. The topological polar surface area (TPSA) is 76.0 Å². The van der Waals surface area contributed by atoms with E-state index in [0.29, 0.717) is 16.4 Å². The number of aryl methyl sites for hydroxylation is 1. The lowest BCUT2D eigenvalue weighted by atomic mass is 10.2. The van der Waals surface area contributed by atoms with Crippen LogP contribution >= 0.6 is 11.6 Å². The van der Waals surface area contributed by atoms with Gasteiger partial charge in [0.25, 0.3) is 5.91 Å². The molecule has 162 valence electrons. The number of aromatic nitrogens is 2. The highest BCUT2D eigenvalue weighted by molar-refractivity contribution is 6.30. The first-order valence-electron chi connectivity index (χ1n) is 10.3. The predicted octanol–water partition coefficient (Wildman–Crippen LogP) is 5.13. The monoisotopic (exact) mass is 446 g/mol. The van der Waals surface area contributed by atoms with Crippen LogP contribution in [0, 0.1) is 6.92 Å². The van der Waals surface area contributed by atoms with E-state index in [1.54, 1.807) is 24.3 Å². The van der Waals surface area contributed by atoms with Crippen molar-refractivity contribution in [1.29, 1.82) is 0 Å². The Hall–Kier alpha value is -3.64. The summed E-state index contributed by atoms with van der Waals surface area (Å²) in [4.78, 5) is 30.3. The molecule has 4 rings (SSSR count). The van der Waals surface area contributed by atoms with Crippen molar-refractivity contribution in [2.45, 2.75) is 26.4 Å². The third-order valence-electron chi connectivity index (χ3n) is 5.25. The number of carbonyl (C=O) groups is 2. The summed E-state index contributed by atoms with van der Waals surface area (Å²) in [5.74, 6) is 0.200. The smallest absolute Gasteiger partial charge is 0.251 e. The van der Waals surface area contributed by atoms with Crippen LogP contribution in [0.1, 0.15) is 34.7 Å². The van der Waals surface area contributed by atoms with Crippen molar-refractivity contribution >= 4 is 40.1 Å². The zero-order valence-corrected chi connectivity index (χ0v) is 18.6. The standard InChI is InChI=1S/C25H23ClN4O2/c1-16-7-3-4-8-20(16)28-23(31)15-30-22-10-6-5-9-21(22)29-24(30)17(2)27-25(32)18-11-13-19(26)14-12-18/h3-14,17H,15H2,1-2H3,(H,27,32)(H,28,31). The molecule has 0 aliphatic carbocycles. The number of benzene rings is 3. The molecular weight excluding hydrogens is 424 g/mol. The number of hydrogen-bond acceptors (Lipinski definition) is 3. The van der Waals surface area contributed by atoms with Crippen molar-refractivity contribution in [2.75, 3.05) is 5.32 Å². The zero-order valence-electron chi connectivity index (χ0n) is 17.8. The highest BCUT2D eigenvalue weighted by Gasteiger charge is 2.20. The number of halogens is 1. The van der Waals surface area contributed by atoms with Crippen LogP contribution in [0.2, 0.25) is 5.02 Å². The fourth-order valence-electron chi connectivity index (χ4n) is 3.58. The summed E-state index contributed by atoms with van der Waals surface area (Å²) in [5.41, 5.74) is 3.85. The Kier molecular flexibility index (Phi) is 6.23. The van der Waals surface area contributed by atoms with E-state index >= 15 is 0 Å². The molecule has 1 atom stereocenters. The minimum atomic E-state index is -0.420. The normalized spacial score (nSPS) is 11.8. The van der Waals surface area contributed by atoms with Crippen molar-refractivity contribution in [3.8, 4) is 0 Å². The molecule has 1 aromatic heterocycles. The van der Waals surface area contributed by atoms with Gasteiger partial charge >= 0.3 is 0 Å². The van der Waals surface area contributed by atoms with Crippen molar-refractivity contribution in [2.24, 2.45) is 0 Å². The fraction of sp³-hybridized carbons (Fsp3) is 0.160. The average Bonchev–Trinajstić information content (AvgIpc) is 3.14. The first kappa shape index (κ1) is 21.6. The largest absolute Gasteiger partial charge is 0.342 e. The van der Waals surface area contributed by atoms with Crippen LogP contribution in [0.3, 0.4) is 0 Å². The summed E-state index contributed by atoms with van der Waals surface area (Å²) in [6.45, 7) is 3.87. The summed E-state index contributed by atoms with van der Waals surface area (Å²) < 4.78 is 1.84. The summed E-state index contributed by atoms with van der Waals surface area (Å²) in [6, 6.07) is 21.5. The van der Waals surface area contributed by atoms with Crippen molar-refractivity contribution in [3.63, 3.8) is 0 Å². The number of fused-ring (bicyclic) bond motifs is 1. The van der Waals surface area contributed by atoms with Crippen LogP contribution in [0.25, 0.3) is 11.0 Å². The average molecular weight is 447 g/mol. The molecule has 32 heavy (non-hydrogen) atoms. The molecule has 4 aromatic rings. The molecular formula is C25H23ClN4O2. The molecule has 0 aliphatic heterocycles. The summed E-state index contributed by atoms with van der Waals surface area (Å²) >= 11 is 5.92. The first-order valence-corrected chi connectivity index (χ1v) is 10.7. The number of hydrogen-bond donors (Lipinski definition) is 2. The number of rotatable bonds is 6. The lowest BCUT2D eigenvalue weighted by molar-refractivity contribution is -0.116. The summed E-state index contributed by atoms with van der Waals surface area (Å²) in [7, 11) is 0. The Morgan fingerprint density at radius 3 is 2.44 bits per heavy atom. The molecule has 0 saturated heterocycles. The molecule has 1 heterocycles. The number of imidazole rings is 1. The van der Waals surface area contributed by atoms with Crippen LogP contribution in [-0.2, 0) is 11.3 Å². The molecule has 7 heteroatoms. The molecule has 0 spiro atoms. The van der Waals surface area contributed by atoms with E-state index in [-0.39, 0.29) is 18.4 Å². The number of carbonyl (C=O) groups excluding carboxylic acids is 2. The van der Waals surface area contributed by atoms with Gasteiger partial charge in [-0.3, -0.25) is 9.59 Å². The highest BCUT2D eigenvalue weighted by atomic mass is 35.5. The van der Waals surface area contributed by atoms with Gasteiger partial charge in [0, 0.05) is 16.3 Å². The van der Waals surface area contributed by atoms with E-state index in [4.69, 9.17) is 16.6 Å². The van der Waals surface area contributed by atoms with Gasteiger partial charge < -0.3 is 15.2 Å². The number of amides is 2. The van der Waals surface area contributed by atoms with Gasteiger partial charge in [0.2, 0.25) is 5.91 Å². The maximum atomic E-state index is 12.9. The number of para-hydroxylation sites is 3. The molecule has 2 amide bonds. The fourth-order valence-corrected chi connectivity index (χ4v) is 3.71.